The average Bonchev–Trinajstić information content (AvgIpc) is 3.08. The van der Waals surface area contributed by atoms with Crippen molar-refractivity contribution in [3.8, 4) is 5.75 Å². The molecule has 3 nitrogen and oxygen atoms in total. The molecule has 0 amide bonds. The van der Waals surface area contributed by atoms with Crippen LogP contribution in [0.3, 0.4) is 0 Å². The van der Waals surface area contributed by atoms with E-state index in [4.69, 9.17) is 9.47 Å². The molecule has 0 bridgehead atoms. The number of ether oxygens (including phenoxy) is 2. The molecule has 2 rings (SSSR count). The first-order valence-electron chi connectivity index (χ1n) is 5.32. The van der Waals surface area contributed by atoms with Gasteiger partial charge in [-0.05, 0) is 30.5 Å². The standard InChI is InChI=1S/C12H17NO2/c1-14-9-15-12-4-2-3-10(7-12)8-13-11-5-6-11/h2-4,7,11,13H,5-6,8-9H2,1H3. The van der Waals surface area contributed by atoms with E-state index in [9.17, 15) is 0 Å². The Morgan fingerprint density at radius 1 is 1.40 bits per heavy atom. The zero-order chi connectivity index (χ0) is 10.5. The highest BCUT2D eigenvalue weighted by Crippen LogP contribution is 2.20. The van der Waals surface area contributed by atoms with E-state index in [0.29, 0.717) is 6.79 Å². The molecular formula is C12H17NO2. The molecule has 1 aromatic rings. The lowest BCUT2D eigenvalue weighted by Gasteiger charge is -2.07. The predicted octanol–water partition coefficient (Wildman–Crippen LogP) is 1.92. The first kappa shape index (κ1) is 10.5. The summed E-state index contributed by atoms with van der Waals surface area (Å²) in [4.78, 5) is 0. The van der Waals surface area contributed by atoms with E-state index in [-0.39, 0.29) is 0 Å². The molecule has 1 saturated carbocycles. The van der Waals surface area contributed by atoms with Gasteiger partial charge in [-0.1, -0.05) is 12.1 Å². The fourth-order valence-corrected chi connectivity index (χ4v) is 1.42. The Labute approximate surface area is 90.4 Å². The Hall–Kier alpha value is -1.06. The van der Waals surface area contributed by atoms with Gasteiger partial charge in [0.1, 0.15) is 5.75 Å². The van der Waals surface area contributed by atoms with Crippen molar-refractivity contribution in [1.82, 2.24) is 5.32 Å². The fraction of sp³-hybridized carbons (Fsp3) is 0.500. The van der Waals surface area contributed by atoms with Crippen molar-refractivity contribution < 1.29 is 9.47 Å². The SMILES string of the molecule is COCOc1cccc(CNC2CC2)c1. The third kappa shape index (κ3) is 3.53. The van der Waals surface area contributed by atoms with E-state index >= 15 is 0 Å². The molecule has 0 saturated heterocycles. The topological polar surface area (TPSA) is 30.5 Å². The van der Waals surface area contributed by atoms with E-state index in [2.05, 4.69) is 17.4 Å². The van der Waals surface area contributed by atoms with Gasteiger partial charge in [0, 0.05) is 19.7 Å². The van der Waals surface area contributed by atoms with Gasteiger partial charge in [0.15, 0.2) is 6.79 Å². The lowest BCUT2D eigenvalue weighted by Crippen LogP contribution is -2.15. The summed E-state index contributed by atoms with van der Waals surface area (Å²) < 4.78 is 10.2. The second-order valence-corrected chi connectivity index (χ2v) is 3.85. The summed E-state index contributed by atoms with van der Waals surface area (Å²) in [6.07, 6.45) is 2.64. The van der Waals surface area contributed by atoms with E-state index < -0.39 is 0 Å². The van der Waals surface area contributed by atoms with Gasteiger partial charge >= 0.3 is 0 Å². The van der Waals surface area contributed by atoms with E-state index in [1.54, 1.807) is 7.11 Å². The second kappa shape index (κ2) is 5.14. The molecule has 1 aromatic carbocycles. The first-order valence-corrected chi connectivity index (χ1v) is 5.32. The van der Waals surface area contributed by atoms with Crippen molar-refractivity contribution in [2.75, 3.05) is 13.9 Å². The molecule has 1 aliphatic rings. The first-order chi connectivity index (χ1) is 7.38. The van der Waals surface area contributed by atoms with Crippen LogP contribution < -0.4 is 10.1 Å². The van der Waals surface area contributed by atoms with Crippen LogP contribution in [0.2, 0.25) is 0 Å². The van der Waals surface area contributed by atoms with Crippen molar-refractivity contribution in [2.45, 2.75) is 25.4 Å². The van der Waals surface area contributed by atoms with Gasteiger partial charge in [-0.15, -0.1) is 0 Å². The molecule has 82 valence electrons. The number of methoxy groups -OCH3 is 1. The van der Waals surface area contributed by atoms with Gasteiger partial charge in [-0.3, -0.25) is 0 Å². The van der Waals surface area contributed by atoms with Crippen LogP contribution in [0.5, 0.6) is 5.75 Å². The fourth-order valence-electron chi connectivity index (χ4n) is 1.42. The maximum atomic E-state index is 5.37. The van der Waals surface area contributed by atoms with Crippen LogP contribution >= 0.6 is 0 Å². The molecule has 0 radical (unpaired) electrons. The van der Waals surface area contributed by atoms with Crippen LogP contribution in [0.15, 0.2) is 24.3 Å². The minimum absolute atomic E-state index is 0.305. The summed E-state index contributed by atoms with van der Waals surface area (Å²) in [5.41, 5.74) is 1.26. The minimum atomic E-state index is 0.305. The molecule has 0 atom stereocenters. The maximum absolute atomic E-state index is 5.37. The Bertz CT molecular complexity index is 310. The van der Waals surface area contributed by atoms with Gasteiger partial charge in [-0.25, -0.2) is 0 Å². The maximum Gasteiger partial charge on any atom is 0.188 e. The smallest absolute Gasteiger partial charge is 0.188 e. The zero-order valence-electron chi connectivity index (χ0n) is 9.03. The molecule has 3 heteroatoms. The van der Waals surface area contributed by atoms with E-state index in [1.165, 1.54) is 18.4 Å². The Morgan fingerprint density at radius 3 is 3.00 bits per heavy atom. The third-order valence-corrected chi connectivity index (χ3v) is 2.41. The molecule has 1 aliphatic carbocycles. The molecule has 0 spiro atoms. The van der Waals surface area contributed by atoms with Crippen LogP contribution in [0, 0.1) is 0 Å². The Balaban J connectivity index is 1.85. The summed E-state index contributed by atoms with van der Waals surface area (Å²) in [6.45, 7) is 1.23. The van der Waals surface area contributed by atoms with Crippen LogP contribution in [0.4, 0.5) is 0 Å². The zero-order valence-corrected chi connectivity index (χ0v) is 9.03. The van der Waals surface area contributed by atoms with E-state index in [1.807, 2.05) is 12.1 Å². The van der Waals surface area contributed by atoms with Gasteiger partial charge in [0.05, 0.1) is 0 Å². The number of benzene rings is 1. The van der Waals surface area contributed by atoms with Crippen LogP contribution in [0.25, 0.3) is 0 Å². The average molecular weight is 207 g/mol. The Kier molecular flexibility index (Phi) is 3.59. The molecule has 0 unspecified atom stereocenters. The largest absolute Gasteiger partial charge is 0.468 e. The number of hydrogen-bond acceptors (Lipinski definition) is 3. The van der Waals surface area contributed by atoms with E-state index in [0.717, 1.165) is 18.3 Å². The summed E-state index contributed by atoms with van der Waals surface area (Å²) in [5.74, 6) is 0.868. The molecule has 0 aliphatic heterocycles. The van der Waals surface area contributed by atoms with Gasteiger partial charge in [0.25, 0.3) is 0 Å². The van der Waals surface area contributed by atoms with Crippen molar-refractivity contribution in [3.05, 3.63) is 29.8 Å². The number of rotatable bonds is 6. The normalized spacial score (nSPS) is 15.3. The monoisotopic (exact) mass is 207 g/mol. The van der Waals surface area contributed by atoms with Crippen LogP contribution in [-0.2, 0) is 11.3 Å². The quantitative estimate of drug-likeness (QED) is 0.723. The van der Waals surface area contributed by atoms with Gasteiger partial charge < -0.3 is 14.8 Å². The lowest BCUT2D eigenvalue weighted by atomic mass is 10.2. The molecular weight excluding hydrogens is 190 g/mol. The third-order valence-electron chi connectivity index (χ3n) is 2.41. The highest BCUT2D eigenvalue weighted by atomic mass is 16.7. The lowest BCUT2D eigenvalue weighted by molar-refractivity contribution is 0.0511. The predicted molar refractivity (Wildman–Crippen MR) is 58.8 cm³/mol. The second-order valence-electron chi connectivity index (χ2n) is 3.85. The van der Waals surface area contributed by atoms with Crippen molar-refractivity contribution in [1.29, 1.82) is 0 Å². The molecule has 0 aromatic heterocycles. The highest BCUT2D eigenvalue weighted by molar-refractivity contribution is 5.28. The molecule has 15 heavy (non-hydrogen) atoms. The summed E-state index contributed by atoms with van der Waals surface area (Å²) in [7, 11) is 1.62. The molecule has 0 heterocycles. The number of nitrogens with one attached hydrogen (secondary N) is 1. The summed E-state index contributed by atoms with van der Waals surface area (Å²) in [5, 5.41) is 3.47. The van der Waals surface area contributed by atoms with Gasteiger partial charge in [-0.2, -0.15) is 0 Å². The van der Waals surface area contributed by atoms with Crippen molar-refractivity contribution >= 4 is 0 Å². The van der Waals surface area contributed by atoms with Crippen LogP contribution in [-0.4, -0.2) is 19.9 Å². The minimum Gasteiger partial charge on any atom is -0.468 e. The van der Waals surface area contributed by atoms with Crippen LogP contribution in [0.1, 0.15) is 18.4 Å². The van der Waals surface area contributed by atoms with Crippen molar-refractivity contribution in [2.24, 2.45) is 0 Å². The molecule has 1 fully saturated rings. The van der Waals surface area contributed by atoms with Crippen molar-refractivity contribution in [3.63, 3.8) is 0 Å². The number of hydrogen-bond donors (Lipinski definition) is 1. The Morgan fingerprint density at radius 2 is 2.27 bits per heavy atom. The summed E-state index contributed by atoms with van der Waals surface area (Å²) in [6, 6.07) is 8.85. The molecule has 1 N–H and O–H groups in total. The van der Waals surface area contributed by atoms with Gasteiger partial charge in [0.2, 0.25) is 0 Å². The summed E-state index contributed by atoms with van der Waals surface area (Å²) >= 11 is 0. The highest BCUT2D eigenvalue weighted by Gasteiger charge is 2.19.